The summed E-state index contributed by atoms with van der Waals surface area (Å²) in [4.78, 5) is 21.3. The molecule has 0 saturated carbocycles. The number of hydrogen-bond acceptors (Lipinski definition) is 4. The standard InChI is InChI=1S/C10H19NO4S/c1-8(5-12)3-2-4-11-9(13)6-16-7-10(14)15/h8,12H,2-7H2,1H3,(H,11,13)(H,14,15). The Labute approximate surface area is 99.6 Å². The molecule has 0 saturated heterocycles. The third kappa shape index (κ3) is 9.79. The van der Waals surface area contributed by atoms with E-state index >= 15 is 0 Å². The third-order valence-electron chi connectivity index (χ3n) is 1.97. The number of amides is 1. The molecule has 1 unspecified atom stereocenters. The van der Waals surface area contributed by atoms with E-state index in [1.807, 2.05) is 6.92 Å². The fourth-order valence-electron chi connectivity index (χ4n) is 1.05. The molecule has 0 aromatic carbocycles. The van der Waals surface area contributed by atoms with E-state index in [1.165, 1.54) is 0 Å². The van der Waals surface area contributed by atoms with Crippen LogP contribution in [0.5, 0.6) is 0 Å². The van der Waals surface area contributed by atoms with Gasteiger partial charge in [-0.25, -0.2) is 0 Å². The van der Waals surface area contributed by atoms with E-state index < -0.39 is 5.97 Å². The molecule has 0 aliphatic carbocycles. The summed E-state index contributed by atoms with van der Waals surface area (Å²) >= 11 is 1.09. The van der Waals surface area contributed by atoms with Crippen LogP contribution in [0.15, 0.2) is 0 Å². The maximum atomic E-state index is 11.2. The molecule has 0 aromatic rings. The fraction of sp³-hybridized carbons (Fsp3) is 0.800. The molecule has 5 nitrogen and oxygen atoms in total. The second-order valence-corrected chi connectivity index (χ2v) is 4.65. The lowest BCUT2D eigenvalue weighted by molar-refractivity contribution is -0.133. The molecule has 0 bridgehead atoms. The molecule has 0 rings (SSSR count). The summed E-state index contributed by atoms with van der Waals surface area (Å²) in [7, 11) is 0. The Morgan fingerprint density at radius 2 is 2.06 bits per heavy atom. The normalized spacial score (nSPS) is 12.1. The van der Waals surface area contributed by atoms with Crippen LogP contribution in [-0.2, 0) is 9.59 Å². The van der Waals surface area contributed by atoms with Crippen LogP contribution in [0.3, 0.4) is 0 Å². The average Bonchev–Trinajstić information content (AvgIpc) is 2.23. The van der Waals surface area contributed by atoms with Crippen molar-refractivity contribution in [2.24, 2.45) is 5.92 Å². The Kier molecular flexibility index (Phi) is 9.03. The second-order valence-electron chi connectivity index (χ2n) is 3.67. The molecule has 1 atom stereocenters. The van der Waals surface area contributed by atoms with E-state index in [0.29, 0.717) is 6.54 Å². The molecule has 0 aromatic heterocycles. The van der Waals surface area contributed by atoms with Crippen molar-refractivity contribution in [1.29, 1.82) is 0 Å². The number of carbonyl (C=O) groups excluding carboxylic acids is 1. The predicted molar refractivity (Wildman–Crippen MR) is 63.5 cm³/mol. The van der Waals surface area contributed by atoms with Gasteiger partial charge in [0.25, 0.3) is 0 Å². The van der Waals surface area contributed by atoms with Crippen molar-refractivity contribution >= 4 is 23.6 Å². The Hall–Kier alpha value is -0.750. The summed E-state index contributed by atoms with van der Waals surface area (Å²) < 4.78 is 0. The molecule has 0 spiro atoms. The van der Waals surface area contributed by atoms with E-state index in [-0.39, 0.29) is 29.9 Å². The van der Waals surface area contributed by atoms with Gasteiger partial charge in [0, 0.05) is 13.2 Å². The number of hydrogen-bond donors (Lipinski definition) is 3. The van der Waals surface area contributed by atoms with Crippen LogP contribution >= 0.6 is 11.8 Å². The summed E-state index contributed by atoms with van der Waals surface area (Å²) in [6, 6.07) is 0. The van der Waals surface area contributed by atoms with Crippen LogP contribution in [0.25, 0.3) is 0 Å². The molecule has 0 aliphatic rings. The second kappa shape index (κ2) is 9.47. The lowest BCUT2D eigenvalue weighted by Crippen LogP contribution is -2.27. The fourth-order valence-corrected chi connectivity index (χ4v) is 1.62. The molecule has 0 fully saturated rings. The van der Waals surface area contributed by atoms with Gasteiger partial charge in [0.15, 0.2) is 0 Å². The van der Waals surface area contributed by atoms with Gasteiger partial charge >= 0.3 is 5.97 Å². The monoisotopic (exact) mass is 249 g/mol. The molecular weight excluding hydrogens is 230 g/mol. The van der Waals surface area contributed by atoms with Gasteiger partial charge in [0.1, 0.15) is 0 Å². The molecule has 16 heavy (non-hydrogen) atoms. The van der Waals surface area contributed by atoms with Crippen molar-refractivity contribution < 1.29 is 19.8 Å². The van der Waals surface area contributed by atoms with Crippen molar-refractivity contribution in [1.82, 2.24) is 5.32 Å². The van der Waals surface area contributed by atoms with Gasteiger partial charge in [-0.05, 0) is 18.8 Å². The van der Waals surface area contributed by atoms with Gasteiger partial charge in [0.2, 0.25) is 5.91 Å². The van der Waals surface area contributed by atoms with Crippen molar-refractivity contribution in [3.05, 3.63) is 0 Å². The van der Waals surface area contributed by atoms with Crippen LogP contribution in [0.1, 0.15) is 19.8 Å². The smallest absolute Gasteiger partial charge is 0.313 e. The van der Waals surface area contributed by atoms with Crippen molar-refractivity contribution in [3.8, 4) is 0 Å². The number of aliphatic hydroxyl groups is 1. The van der Waals surface area contributed by atoms with Gasteiger partial charge in [-0.1, -0.05) is 6.92 Å². The lowest BCUT2D eigenvalue weighted by atomic mass is 10.1. The van der Waals surface area contributed by atoms with Gasteiger partial charge in [-0.15, -0.1) is 11.8 Å². The number of thioether (sulfide) groups is 1. The number of aliphatic hydroxyl groups excluding tert-OH is 1. The van der Waals surface area contributed by atoms with Crippen molar-refractivity contribution in [3.63, 3.8) is 0 Å². The van der Waals surface area contributed by atoms with Gasteiger partial charge in [-0.2, -0.15) is 0 Å². The SMILES string of the molecule is CC(CO)CCCNC(=O)CSCC(=O)O. The first-order chi connectivity index (χ1) is 7.56. The first-order valence-electron chi connectivity index (χ1n) is 5.23. The van der Waals surface area contributed by atoms with Crippen LogP contribution in [0.4, 0.5) is 0 Å². The quantitative estimate of drug-likeness (QED) is 0.513. The van der Waals surface area contributed by atoms with E-state index in [0.717, 1.165) is 24.6 Å². The molecule has 94 valence electrons. The van der Waals surface area contributed by atoms with Crippen LogP contribution in [0, 0.1) is 5.92 Å². The van der Waals surface area contributed by atoms with Gasteiger partial charge in [-0.3, -0.25) is 9.59 Å². The minimum absolute atomic E-state index is 0.0467. The topological polar surface area (TPSA) is 86.6 Å². The van der Waals surface area contributed by atoms with E-state index in [9.17, 15) is 9.59 Å². The molecule has 0 aliphatic heterocycles. The zero-order chi connectivity index (χ0) is 12.4. The maximum absolute atomic E-state index is 11.2. The highest BCUT2D eigenvalue weighted by molar-refractivity contribution is 8.00. The highest BCUT2D eigenvalue weighted by Gasteiger charge is 2.04. The summed E-state index contributed by atoms with van der Waals surface area (Å²) in [6.45, 7) is 2.70. The largest absolute Gasteiger partial charge is 0.481 e. The number of nitrogens with one attached hydrogen (secondary N) is 1. The number of carboxylic acids is 1. The minimum atomic E-state index is -0.908. The van der Waals surface area contributed by atoms with Crippen LogP contribution in [-0.4, -0.2) is 46.7 Å². The highest BCUT2D eigenvalue weighted by atomic mass is 32.2. The Morgan fingerprint density at radius 3 is 2.62 bits per heavy atom. The van der Waals surface area contributed by atoms with Crippen LogP contribution in [0.2, 0.25) is 0 Å². The number of rotatable bonds is 9. The predicted octanol–water partition coefficient (Wildman–Crippen LogP) is 0.329. The molecule has 0 radical (unpaired) electrons. The minimum Gasteiger partial charge on any atom is -0.481 e. The molecule has 0 heterocycles. The van der Waals surface area contributed by atoms with Gasteiger partial charge < -0.3 is 15.5 Å². The van der Waals surface area contributed by atoms with Crippen LogP contribution < -0.4 is 5.32 Å². The van der Waals surface area contributed by atoms with E-state index in [4.69, 9.17) is 10.2 Å². The van der Waals surface area contributed by atoms with E-state index in [2.05, 4.69) is 5.32 Å². The molecular formula is C10H19NO4S. The Morgan fingerprint density at radius 1 is 1.38 bits per heavy atom. The van der Waals surface area contributed by atoms with E-state index in [1.54, 1.807) is 0 Å². The Bertz CT molecular complexity index is 223. The summed E-state index contributed by atoms with van der Waals surface area (Å²) in [5.41, 5.74) is 0. The maximum Gasteiger partial charge on any atom is 0.313 e. The Balaban J connectivity index is 3.33. The summed E-state index contributed by atoms with van der Waals surface area (Å²) in [5, 5.41) is 19.8. The molecule has 3 N–H and O–H groups in total. The average molecular weight is 249 g/mol. The zero-order valence-electron chi connectivity index (χ0n) is 9.44. The molecule has 6 heteroatoms. The molecule has 1 amide bonds. The zero-order valence-corrected chi connectivity index (χ0v) is 10.3. The van der Waals surface area contributed by atoms with Crippen molar-refractivity contribution in [2.45, 2.75) is 19.8 Å². The third-order valence-corrected chi connectivity index (χ3v) is 2.88. The highest BCUT2D eigenvalue weighted by Crippen LogP contribution is 2.03. The first-order valence-corrected chi connectivity index (χ1v) is 6.38. The number of carboxylic acid groups (broad SMARTS) is 1. The number of carbonyl (C=O) groups is 2. The number of aliphatic carboxylic acids is 1. The first kappa shape index (κ1) is 15.2. The van der Waals surface area contributed by atoms with Gasteiger partial charge in [0.05, 0.1) is 11.5 Å². The summed E-state index contributed by atoms with van der Waals surface area (Å²) in [6.07, 6.45) is 1.70. The van der Waals surface area contributed by atoms with Crippen molar-refractivity contribution in [2.75, 3.05) is 24.7 Å². The lowest BCUT2D eigenvalue weighted by Gasteiger charge is -2.08. The summed E-state index contributed by atoms with van der Waals surface area (Å²) in [5.74, 6) is -0.646.